The van der Waals surface area contributed by atoms with Gasteiger partial charge in [-0.2, -0.15) is 0 Å². The van der Waals surface area contributed by atoms with Gasteiger partial charge < -0.3 is 10.5 Å². The van der Waals surface area contributed by atoms with Crippen molar-refractivity contribution in [3.05, 3.63) is 46.8 Å². The van der Waals surface area contributed by atoms with Crippen LogP contribution in [0.4, 0.5) is 0 Å². The van der Waals surface area contributed by atoms with E-state index in [-0.39, 0.29) is 0 Å². The lowest BCUT2D eigenvalue weighted by atomic mass is 10.2. The van der Waals surface area contributed by atoms with Gasteiger partial charge in [0.2, 0.25) is 11.8 Å². The number of carbonyl (C=O) groups is 1. The van der Waals surface area contributed by atoms with Crippen LogP contribution in [0.5, 0.6) is 11.6 Å². The molecule has 0 fully saturated rings. The zero-order valence-electron chi connectivity index (χ0n) is 8.63. The summed E-state index contributed by atoms with van der Waals surface area (Å²) in [4.78, 5) is 18.7. The number of nitrogens with zero attached hydrogens (tertiary/aromatic N) is 2. The van der Waals surface area contributed by atoms with Crippen LogP contribution in [0, 0.1) is 0 Å². The molecule has 17 heavy (non-hydrogen) atoms. The van der Waals surface area contributed by atoms with Crippen molar-refractivity contribution in [3.63, 3.8) is 0 Å². The number of hydrogen-bond donors (Lipinski definition) is 1. The van der Waals surface area contributed by atoms with Gasteiger partial charge in [0.15, 0.2) is 0 Å². The molecule has 0 spiro atoms. The van der Waals surface area contributed by atoms with E-state index >= 15 is 0 Å². The quantitative estimate of drug-likeness (QED) is 0.940. The lowest BCUT2D eigenvalue weighted by Crippen LogP contribution is -2.10. The van der Waals surface area contributed by atoms with Crippen LogP contribution < -0.4 is 10.5 Å². The van der Waals surface area contributed by atoms with Gasteiger partial charge in [0.25, 0.3) is 0 Å². The summed E-state index contributed by atoms with van der Waals surface area (Å²) >= 11 is 3.27. The molecule has 0 atom stereocenters. The minimum atomic E-state index is -0.472. The molecular formula is C11H8BrN3O2. The second-order valence-corrected chi connectivity index (χ2v) is 4.02. The molecule has 5 nitrogen and oxygen atoms in total. The molecule has 2 N–H and O–H groups in total. The van der Waals surface area contributed by atoms with E-state index in [0.29, 0.717) is 21.7 Å². The van der Waals surface area contributed by atoms with E-state index in [4.69, 9.17) is 10.5 Å². The van der Waals surface area contributed by atoms with Crippen LogP contribution in [0.2, 0.25) is 0 Å². The summed E-state index contributed by atoms with van der Waals surface area (Å²) in [6, 6.07) is 6.48. The number of amides is 1. The van der Waals surface area contributed by atoms with Gasteiger partial charge in [0.05, 0.1) is 4.47 Å². The number of benzene rings is 1. The maximum atomic E-state index is 10.9. The Morgan fingerprint density at radius 1 is 1.29 bits per heavy atom. The topological polar surface area (TPSA) is 78.1 Å². The average Bonchev–Trinajstić information content (AvgIpc) is 2.33. The Hall–Kier alpha value is -1.95. The van der Waals surface area contributed by atoms with Crippen LogP contribution in [-0.4, -0.2) is 15.9 Å². The van der Waals surface area contributed by atoms with Crippen molar-refractivity contribution in [1.82, 2.24) is 9.97 Å². The molecule has 1 heterocycles. The molecule has 1 aromatic carbocycles. The molecular weight excluding hydrogens is 286 g/mol. The summed E-state index contributed by atoms with van der Waals surface area (Å²) < 4.78 is 6.15. The van der Waals surface area contributed by atoms with Gasteiger partial charge in [-0.05, 0) is 40.2 Å². The standard InChI is InChI=1S/C11H8BrN3O2/c12-9-5-14-6-15-11(9)17-8-3-1-7(2-4-8)10(13)16/h1-6H,(H2,13,16). The summed E-state index contributed by atoms with van der Waals surface area (Å²) in [5, 5.41) is 0. The molecule has 0 aliphatic heterocycles. The van der Waals surface area contributed by atoms with E-state index in [1.807, 2.05) is 0 Å². The normalized spacial score (nSPS) is 9.94. The maximum absolute atomic E-state index is 10.9. The third-order valence-corrected chi connectivity index (χ3v) is 2.53. The molecule has 1 amide bonds. The van der Waals surface area contributed by atoms with Crippen molar-refractivity contribution in [2.24, 2.45) is 5.73 Å². The largest absolute Gasteiger partial charge is 0.438 e. The third-order valence-electron chi connectivity index (χ3n) is 1.99. The number of carbonyl (C=O) groups excluding carboxylic acids is 1. The fourth-order valence-electron chi connectivity index (χ4n) is 1.18. The van der Waals surface area contributed by atoms with Crippen LogP contribution >= 0.6 is 15.9 Å². The zero-order valence-corrected chi connectivity index (χ0v) is 10.2. The first-order valence-corrected chi connectivity index (χ1v) is 5.49. The minimum Gasteiger partial charge on any atom is -0.438 e. The fraction of sp³-hybridized carbons (Fsp3) is 0. The van der Waals surface area contributed by atoms with Crippen molar-refractivity contribution < 1.29 is 9.53 Å². The second-order valence-electron chi connectivity index (χ2n) is 3.17. The molecule has 0 saturated carbocycles. The SMILES string of the molecule is NC(=O)c1ccc(Oc2ncncc2Br)cc1. The summed E-state index contributed by atoms with van der Waals surface area (Å²) in [6.45, 7) is 0. The number of ether oxygens (including phenoxy) is 1. The molecule has 0 radical (unpaired) electrons. The highest BCUT2D eigenvalue weighted by Gasteiger charge is 2.05. The molecule has 2 aromatic rings. The van der Waals surface area contributed by atoms with E-state index < -0.39 is 5.91 Å². The number of halogens is 1. The van der Waals surface area contributed by atoms with E-state index in [0.717, 1.165) is 0 Å². The molecule has 0 unspecified atom stereocenters. The molecule has 0 aliphatic rings. The van der Waals surface area contributed by atoms with Gasteiger partial charge in [-0.1, -0.05) is 0 Å². The van der Waals surface area contributed by atoms with Crippen molar-refractivity contribution in [2.45, 2.75) is 0 Å². The highest BCUT2D eigenvalue weighted by molar-refractivity contribution is 9.10. The number of hydrogen-bond acceptors (Lipinski definition) is 4. The molecule has 6 heteroatoms. The second kappa shape index (κ2) is 4.92. The van der Waals surface area contributed by atoms with Gasteiger partial charge in [-0.25, -0.2) is 9.97 Å². The van der Waals surface area contributed by atoms with Gasteiger partial charge >= 0.3 is 0 Å². The summed E-state index contributed by atoms with van der Waals surface area (Å²) in [5.41, 5.74) is 5.56. The van der Waals surface area contributed by atoms with Crippen LogP contribution in [0.3, 0.4) is 0 Å². The molecule has 1 aromatic heterocycles. The number of rotatable bonds is 3. The van der Waals surface area contributed by atoms with Gasteiger partial charge in [0, 0.05) is 11.8 Å². The Morgan fingerprint density at radius 2 is 2.00 bits per heavy atom. The lowest BCUT2D eigenvalue weighted by Gasteiger charge is -2.05. The lowest BCUT2D eigenvalue weighted by molar-refractivity contribution is 0.100. The van der Waals surface area contributed by atoms with E-state index in [2.05, 4.69) is 25.9 Å². The Kier molecular flexibility index (Phi) is 3.34. The highest BCUT2D eigenvalue weighted by Crippen LogP contribution is 2.26. The Labute approximate surface area is 106 Å². The molecule has 86 valence electrons. The van der Waals surface area contributed by atoms with Crippen molar-refractivity contribution in [2.75, 3.05) is 0 Å². The molecule has 2 rings (SSSR count). The fourth-order valence-corrected chi connectivity index (χ4v) is 1.48. The van der Waals surface area contributed by atoms with E-state index in [9.17, 15) is 4.79 Å². The highest BCUT2D eigenvalue weighted by atomic mass is 79.9. The summed E-state index contributed by atoms with van der Waals surface area (Å²) in [5.74, 6) is 0.501. The Morgan fingerprint density at radius 3 is 2.59 bits per heavy atom. The van der Waals surface area contributed by atoms with Crippen molar-refractivity contribution >= 4 is 21.8 Å². The Balaban J connectivity index is 2.20. The minimum absolute atomic E-state index is 0.409. The molecule has 0 bridgehead atoms. The van der Waals surface area contributed by atoms with Gasteiger partial charge in [-0.3, -0.25) is 4.79 Å². The molecule has 0 aliphatic carbocycles. The van der Waals surface area contributed by atoms with E-state index in [1.165, 1.54) is 6.33 Å². The monoisotopic (exact) mass is 293 g/mol. The van der Waals surface area contributed by atoms with Crippen LogP contribution in [0.1, 0.15) is 10.4 Å². The number of aromatic nitrogens is 2. The third kappa shape index (κ3) is 2.79. The van der Waals surface area contributed by atoms with Crippen molar-refractivity contribution in [3.8, 4) is 11.6 Å². The predicted molar refractivity (Wildman–Crippen MR) is 64.8 cm³/mol. The first-order valence-electron chi connectivity index (χ1n) is 4.70. The van der Waals surface area contributed by atoms with Crippen LogP contribution in [-0.2, 0) is 0 Å². The summed E-state index contributed by atoms with van der Waals surface area (Å²) in [6.07, 6.45) is 2.97. The molecule has 0 saturated heterocycles. The van der Waals surface area contributed by atoms with Gasteiger partial charge in [-0.15, -0.1) is 0 Å². The number of primary amides is 1. The smallest absolute Gasteiger partial charge is 0.248 e. The van der Waals surface area contributed by atoms with Gasteiger partial charge in [0.1, 0.15) is 12.1 Å². The zero-order chi connectivity index (χ0) is 12.3. The first-order chi connectivity index (χ1) is 8.16. The van der Waals surface area contributed by atoms with E-state index in [1.54, 1.807) is 30.5 Å². The predicted octanol–water partition coefficient (Wildman–Crippen LogP) is 2.13. The average molecular weight is 294 g/mol. The summed E-state index contributed by atoms with van der Waals surface area (Å²) in [7, 11) is 0. The van der Waals surface area contributed by atoms with Crippen LogP contribution in [0.15, 0.2) is 41.3 Å². The number of nitrogens with two attached hydrogens (primary N) is 1. The van der Waals surface area contributed by atoms with Crippen LogP contribution in [0.25, 0.3) is 0 Å². The van der Waals surface area contributed by atoms with Crippen molar-refractivity contribution in [1.29, 1.82) is 0 Å². The Bertz CT molecular complexity index is 543. The first kappa shape index (κ1) is 11.5. The maximum Gasteiger partial charge on any atom is 0.248 e.